The van der Waals surface area contributed by atoms with Gasteiger partial charge in [-0.25, -0.2) is 4.68 Å². The molecule has 2 atom stereocenters. The number of nitrogens with one attached hydrogen (secondary N) is 2. The van der Waals surface area contributed by atoms with Crippen LogP contribution in [-0.4, -0.2) is 56.2 Å². The van der Waals surface area contributed by atoms with E-state index >= 15 is 0 Å². The summed E-state index contributed by atoms with van der Waals surface area (Å²) in [6.07, 6.45) is 3.16. The van der Waals surface area contributed by atoms with E-state index in [-0.39, 0.29) is 11.9 Å². The second-order valence-electron chi connectivity index (χ2n) is 9.94. The van der Waals surface area contributed by atoms with Crippen LogP contribution in [0.15, 0.2) is 60.7 Å². The van der Waals surface area contributed by atoms with Gasteiger partial charge in [-0.05, 0) is 54.2 Å². The third-order valence-corrected chi connectivity index (χ3v) is 7.88. The number of piperidine rings is 1. The highest BCUT2D eigenvalue weighted by Gasteiger charge is 2.50. The maximum absolute atomic E-state index is 13.0. The minimum Gasteiger partial charge on any atom is -0.354 e. The Morgan fingerprint density at radius 1 is 1.03 bits per heavy atom. The first-order valence-corrected chi connectivity index (χ1v) is 12.7. The average Bonchev–Trinajstić information content (AvgIpc) is 3.54. The number of tetrazole rings is 1. The highest BCUT2D eigenvalue weighted by molar-refractivity contribution is 5.88. The van der Waals surface area contributed by atoms with Crippen LogP contribution in [0.5, 0.6) is 0 Å². The van der Waals surface area contributed by atoms with Crippen molar-refractivity contribution >= 4 is 5.91 Å². The van der Waals surface area contributed by atoms with Crippen LogP contribution in [0.1, 0.15) is 62.5 Å². The van der Waals surface area contributed by atoms with E-state index in [0.717, 1.165) is 56.7 Å². The summed E-state index contributed by atoms with van der Waals surface area (Å²) in [4.78, 5) is 15.5. The van der Waals surface area contributed by atoms with Gasteiger partial charge in [0.1, 0.15) is 0 Å². The molecule has 2 unspecified atom stereocenters. The normalized spacial score (nSPS) is 23.2. The fourth-order valence-electron chi connectivity index (χ4n) is 5.66. The van der Waals surface area contributed by atoms with Gasteiger partial charge in [-0.1, -0.05) is 67.6 Å². The summed E-state index contributed by atoms with van der Waals surface area (Å²) in [7, 11) is 0. The van der Waals surface area contributed by atoms with Gasteiger partial charge < -0.3 is 5.32 Å². The van der Waals surface area contributed by atoms with Crippen LogP contribution < -0.4 is 10.6 Å². The Morgan fingerprint density at radius 2 is 1.71 bits per heavy atom. The first-order chi connectivity index (χ1) is 17.1. The second-order valence-corrected chi connectivity index (χ2v) is 9.94. The quantitative estimate of drug-likeness (QED) is 0.523. The van der Waals surface area contributed by atoms with Crippen molar-refractivity contribution in [3.63, 3.8) is 0 Å². The molecule has 3 aromatic rings. The van der Waals surface area contributed by atoms with Gasteiger partial charge in [0.25, 0.3) is 0 Å². The highest BCUT2D eigenvalue weighted by Crippen LogP contribution is 2.38. The lowest BCUT2D eigenvalue weighted by molar-refractivity contribution is -0.126. The smallest absolute Gasteiger partial charge is 0.240 e. The molecule has 0 aliphatic carbocycles. The molecule has 2 aliphatic rings. The molecule has 2 aromatic carbocycles. The third kappa shape index (κ3) is 4.60. The Balaban J connectivity index is 1.47. The molecule has 2 saturated heterocycles. The molecule has 2 fully saturated rings. The van der Waals surface area contributed by atoms with Gasteiger partial charge in [0.2, 0.25) is 5.91 Å². The minimum atomic E-state index is -0.603. The Kier molecular flexibility index (Phi) is 6.67. The van der Waals surface area contributed by atoms with Crippen molar-refractivity contribution in [2.75, 3.05) is 19.6 Å². The molecule has 2 N–H and O–H groups in total. The lowest BCUT2D eigenvalue weighted by Crippen LogP contribution is -2.63. The van der Waals surface area contributed by atoms with Crippen molar-refractivity contribution in [1.29, 1.82) is 0 Å². The van der Waals surface area contributed by atoms with Crippen LogP contribution in [0.3, 0.4) is 0 Å². The van der Waals surface area contributed by atoms with Crippen molar-refractivity contribution < 1.29 is 4.79 Å². The summed E-state index contributed by atoms with van der Waals surface area (Å²) in [6.45, 7) is 7.63. The number of nitrogens with zero attached hydrogens (tertiary/aromatic N) is 5. The number of amides is 1. The molecule has 2 aliphatic heterocycles. The van der Waals surface area contributed by atoms with Gasteiger partial charge in [-0.3, -0.25) is 15.0 Å². The summed E-state index contributed by atoms with van der Waals surface area (Å²) in [6, 6.07) is 20.9. The molecule has 35 heavy (non-hydrogen) atoms. The summed E-state index contributed by atoms with van der Waals surface area (Å²) >= 11 is 0. The van der Waals surface area contributed by atoms with E-state index in [1.54, 1.807) is 0 Å². The number of rotatable bonds is 8. The summed E-state index contributed by atoms with van der Waals surface area (Å²) < 4.78 is 1.95. The number of benzene rings is 2. The highest BCUT2D eigenvalue weighted by atomic mass is 16.2. The lowest BCUT2D eigenvalue weighted by Gasteiger charge is -2.46. The van der Waals surface area contributed by atoms with Gasteiger partial charge >= 0.3 is 0 Å². The topological polar surface area (TPSA) is 88.0 Å². The molecular weight excluding hydrogens is 438 g/mol. The molecule has 0 spiro atoms. The molecule has 8 nitrogen and oxygen atoms in total. The van der Waals surface area contributed by atoms with E-state index in [4.69, 9.17) is 0 Å². The molecule has 1 amide bonds. The zero-order valence-electron chi connectivity index (χ0n) is 20.7. The predicted octanol–water partition coefficient (Wildman–Crippen LogP) is 3.03. The van der Waals surface area contributed by atoms with Gasteiger partial charge in [0.15, 0.2) is 5.82 Å². The van der Waals surface area contributed by atoms with Crippen molar-refractivity contribution in [1.82, 2.24) is 35.7 Å². The number of hydrogen-bond donors (Lipinski definition) is 2. The van der Waals surface area contributed by atoms with Crippen molar-refractivity contribution in [2.24, 2.45) is 0 Å². The van der Waals surface area contributed by atoms with Crippen molar-refractivity contribution in [3.05, 3.63) is 77.6 Å². The van der Waals surface area contributed by atoms with Crippen LogP contribution in [0.2, 0.25) is 0 Å². The van der Waals surface area contributed by atoms with Gasteiger partial charge in [0, 0.05) is 26.2 Å². The SMILES string of the molecule is CCC1(NC2(c3nnnn3C(C)c3ccccc3)CCN(Cc3ccccc3)CC2)CCNC1=O. The largest absolute Gasteiger partial charge is 0.354 e. The first-order valence-electron chi connectivity index (χ1n) is 12.7. The zero-order valence-corrected chi connectivity index (χ0v) is 20.7. The van der Waals surface area contributed by atoms with Crippen LogP contribution in [-0.2, 0) is 16.9 Å². The van der Waals surface area contributed by atoms with E-state index in [1.165, 1.54) is 5.56 Å². The minimum absolute atomic E-state index is 0.0165. The lowest BCUT2D eigenvalue weighted by atomic mass is 9.81. The monoisotopic (exact) mass is 473 g/mol. The fourth-order valence-corrected chi connectivity index (χ4v) is 5.66. The van der Waals surface area contributed by atoms with E-state index in [1.807, 2.05) is 22.9 Å². The fraction of sp³-hybridized carbons (Fsp3) is 0.481. The number of likely N-dealkylation sites (tertiary alicyclic amines) is 1. The molecule has 0 saturated carbocycles. The van der Waals surface area contributed by atoms with E-state index in [2.05, 4.69) is 87.4 Å². The molecule has 184 valence electrons. The first kappa shape index (κ1) is 23.6. The van der Waals surface area contributed by atoms with E-state index < -0.39 is 11.1 Å². The van der Waals surface area contributed by atoms with E-state index in [0.29, 0.717) is 6.54 Å². The van der Waals surface area contributed by atoms with E-state index in [9.17, 15) is 4.79 Å². The molecule has 1 aromatic heterocycles. The standard InChI is InChI=1S/C27H35N7O/c1-3-26(14-17-28-25(26)35)30-27(15-18-33(19-16-27)20-22-10-6-4-7-11-22)24-29-31-32-34(24)21(2)23-12-8-5-9-13-23/h4-13,21,30H,3,14-20H2,1-2H3,(H,28,35). The number of aromatic nitrogens is 4. The molecule has 5 rings (SSSR count). The number of carbonyl (C=O) groups is 1. The van der Waals surface area contributed by atoms with Crippen LogP contribution in [0, 0.1) is 0 Å². The Labute approximate surface area is 207 Å². The average molecular weight is 474 g/mol. The van der Waals surface area contributed by atoms with Crippen LogP contribution in [0.25, 0.3) is 0 Å². The summed E-state index contributed by atoms with van der Waals surface area (Å²) in [5, 5.41) is 20.1. The maximum atomic E-state index is 13.0. The van der Waals surface area contributed by atoms with Crippen LogP contribution >= 0.6 is 0 Å². The Morgan fingerprint density at radius 3 is 2.34 bits per heavy atom. The van der Waals surface area contributed by atoms with Gasteiger partial charge in [-0.15, -0.1) is 5.10 Å². The molecule has 0 radical (unpaired) electrons. The van der Waals surface area contributed by atoms with Gasteiger partial charge in [0.05, 0.1) is 17.1 Å². The third-order valence-electron chi connectivity index (χ3n) is 7.88. The second kappa shape index (κ2) is 9.87. The molecular formula is C27H35N7O. The molecule has 8 heteroatoms. The van der Waals surface area contributed by atoms with Gasteiger partial charge in [-0.2, -0.15) is 0 Å². The van der Waals surface area contributed by atoms with Crippen LogP contribution in [0.4, 0.5) is 0 Å². The summed E-state index contributed by atoms with van der Waals surface area (Å²) in [5.41, 5.74) is 1.38. The Bertz CT molecular complexity index is 1120. The predicted molar refractivity (Wildman–Crippen MR) is 134 cm³/mol. The zero-order chi connectivity index (χ0) is 24.3. The number of hydrogen-bond acceptors (Lipinski definition) is 6. The molecule has 3 heterocycles. The van der Waals surface area contributed by atoms with Crippen molar-refractivity contribution in [2.45, 2.75) is 63.2 Å². The number of carbonyl (C=O) groups excluding carboxylic acids is 1. The van der Waals surface area contributed by atoms with Crippen molar-refractivity contribution in [3.8, 4) is 0 Å². The molecule has 0 bridgehead atoms. The Hall–Kier alpha value is -3.10. The maximum Gasteiger partial charge on any atom is 0.240 e. The summed E-state index contributed by atoms with van der Waals surface area (Å²) in [5.74, 6) is 0.905.